The minimum Gasteiger partial charge on any atom is -0.343 e. The molecule has 2 heterocycles. The number of anilines is 1. The van der Waals surface area contributed by atoms with E-state index in [2.05, 4.69) is 22.5 Å². The molecular weight excluding hydrogens is 388 g/mol. The van der Waals surface area contributed by atoms with Gasteiger partial charge in [0.05, 0.1) is 18.4 Å². The second kappa shape index (κ2) is 10.1. The third-order valence-corrected chi connectivity index (χ3v) is 5.78. The molecule has 160 valence electrons. The highest BCUT2D eigenvalue weighted by molar-refractivity contribution is 5.92. The Morgan fingerprint density at radius 3 is 2.26 bits per heavy atom. The Kier molecular flexibility index (Phi) is 6.77. The molecule has 1 saturated heterocycles. The van der Waals surface area contributed by atoms with E-state index < -0.39 is 0 Å². The van der Waals surface area contributed by atoms with Crippen molar-refractivity contribution >= 4 is 17.5 Å². The number of carbonyl (C=O) groups is 2. The lowest BCUT2D eigenvalue weighted by Gasteiger charge is -2.31. The number of rotatable bonds is 7. The highest BCUT2D eigenvalue weighted by atomic mass is 16.2. The van der Waals surface area contributed by atoms with Crippen molar-refractivity contribution in [2.75, 3.05) is 18.4 Å². The Balaban J connectivity index is 1.22. The molecule has 0 spiro atoms. The predicted molar refractivity (Wildman–Crippen MR) is 120 cm³/mol. The van der Waals surface area contributed by atoms with Crippen molar-refractivity contribution in [3.8, 4) is 0 Å². The van der Waals surface area contributed by atoms with Crippen LogP contribution in [0, 0.1) is 5.92 Å². The van der Waals surface area contributed by atoms with Gasteiger partial charge in [0.15, 0.2) is 0 Å². The first-order valence-electron chi connectivity index (χ1n) is 10.9. The highest BCUT2D eigenvalue weighted by Crippen LogP contribution is 2.20. The molecule has 0 atom stereocenters. The second-order valence-corrected chi connectivity index (χ2v) is 8.04. The van der Waals surface area contributed by atoms with Crippen molar-refractivity contribution in [3.63, 3.8) is 0 Å². The smallest absolute Gasteiger partial charge is 0.227 e. The molecule has 6 nitrogen and oxygen atoms in total. The third-order valence-electron chi connectivity index (χ3n) is 5.78. The van der Waals surface area contributed by atoms with Crippen LogP contribution in [0.5, 0.6) is 0 Å². The fraction of sp³-hybridized carbons (Fsp3) is 0.320. The van der Waals surface area contributed by atoms with Crippen LogP contribution in [0.4, 0.5) is 5.69 Å². The van der Waals surface area contributed by atoms with Crippen molar-refractivity contribution in [2.24, 2.45) is 5.92 Å². The molecule has 2 aromatic carbocycles. The number of nitrogens with zero attached hydrogens (tertiary/aromatic N) is 3. The number of piperidine rings is 1. The van der Waals surface area contributed by atoms with E-state index in [1.54, 1.807) is 6.20 Å². The summed E-state index contributed by atoms with van der Waals surface area (Å²) in [5, 5.41) is 7.32. The number of amides is 2. The van der Waals surface area contributed by atoms with Gasteiger partial charge in [-0.2, -0.15) is 5.10 Å². The van der Waals surface area contributed by atoms with Gasteiger partial charge in [0.25, 0.3) is 0 Å². The van der Waals surface area contributed by atoms with Crippen molar-refractivity contribution in [2.45, 2.75) is 32.2 Å². The van der Waals surface area contributed by atoms with Crippen LogP contribution in [0.3, 0.4) is 0 Å². The number of aryl methyl sites for hydroxylation is 1. The topological polar surface area (TPSA) is 67.2 Å². The number of hydrogen-bond donors (Lipinski definition) is 1. The van der Waals surface area contributed by atoms with Crippen molar-refractivity contribution in [3.05, 3.63) is 84.2 Å². The maximum Gasteiger partial charge on any atom is 0.227 e. The van der Waals surface area contributed by atoms with Gasteiger partial charge in [0.2, 0.25) is 11.8 Å². The van der Waals surface area contributed by atoms with Gasteiger partial charge >= 0.3 is 0 Å². The highest BCUT2D eigenvalue weighted by Gasteiger charge is 2.27. The minimum atomic E-state index is -0.0735. The molecule has 0 aliphatic carbocycles. The van der Waals surface area contributed by atoms with E-state index in [4.69, 9.17) is 0 Å². The van der Waals surface area contributed by atoms with Crippen LogP contribution in [0.25, 0.3) is 0 Å². The summed E-state index contributed by atoms with van der Waals surface area (Å²) in [6.45, 7) is 1.94. The van der Waals surface area contributed by atoms with Gasteiger partial charge in [-0.3, -0.25) is 14.3 Å². The van der Waals surface area contributed by atoms with Crippen molar-refractivity contribution in [1.29, 1.82) is 0 Å². The standard InChI is InChI=1S/C25H28N4O2/c30-24(12-11-20-7-3-1-4-8-20)28-15-13-22(14-16-28)25(31)27-23-17-26-29(19-23)18-21-9-5-2-6-10-21/h1-10,17,19,22H,11-16,18H2,(H,27,31). The van der Waals surface area contributed by atoms with Crippen LogP contribution in [-0.2, 0) is 22.6 Å². The molecule has 6 heteroatoms. The molecule has 1 fully saturated rings. The normalized spacial score (nSPS) is 14.4. The average Bonchev–Trinajstić information content (AvgIpc) is 3.25. The summed E-state index contributed by atoms with van der Waals surface area (Å²) >= 11 is 0. The molecule has 0 unspecified atom stereocenters. The van der Waals surface area contributed by atoms with E-state index in [0.717, 1.165) is 12.0 Å². The van der Waals surface area contributed by atoms with E-state index in [9.17, 15) is 9.59 Å². The van der Waals surface area contributed by atoms with E-state index in [1.807, 2.05) is 64.3 Å². The van der Waals surface area contributed by atoms with E-state index in [1.165, 1.54) is 5.56 Å². The van der Waals surface area contributed by atoms with Crippen LogP contribution in [0.1, 0.15) is 30.4 Å². The summed E-state index contributed by atoms with van der Waals surface area (Å²) in [5.41, 5.74) is 3.05. The van der Waals surface area contributed by atoms with Gasteiger partial charge in [-0.25, -0.2) is 0 Å². The number of hydrogen-bond acceptors (Lipinski definition) is 3. The number of nitrogens with one attached hydrogen (secondary N) is 1. The number of carbonyl (C=O) groups excluding carboxylic acids is 2. The molecule has 0 bridgehead atoms. The van der Waals surface area contributed by atoms with E-state index in [-0.39, 0.29) is 17.7 Å². The Labute approximate surface area is 182 Å². The molecular formula is C25H28N4O2. The van der Waals surface area contributed by atoms with Gasteiger partial charge in [0.1, 0.15) is 0 Å². The third kappa shape index (κ3) is 5.81. The number of benzene rings is 2. The predicted octanol–water partition coefficient (Wildman–Crippen LogP) is 3.74. The van der Waals surface area contributed by atoms with E-state index >= 15 is 0 Å². The molecule has 1 aromatic heterocycles. The number of aromatic nitrogens is 2. The summed E-state index contributed by atoms with van der Waals surface area (Å²) < 4.78 is 1.82. The lowest BCUT2D eigenvalue weighted by atomic mass is 9.95. The summed E-state index contributed by atoms with van der Waals surface area (Å²) in [5.74, 6) is 0.108. The molecule has 0 radical (unpaired) electrons. The molecule has 31 heavy (non-hydrogen) atoms. The first-order valence-corrected chi connectivity index (χ1v) is 10.9. The lowest BCUT2D eigenvalue weighted by Crippen LogP contribution is -2.41. The van der Waals surface area contributed by atoms with Crippen LogP contribution in [0.15, 0.2) is 73.1 Å². The van der Waals surface area contributed by atoms with Crippen LogP contribution >= 0.6 is 0 Å². The van der Waals surface area contributed by atoms with Crippen LogP contribution in [-0.4, -0.2) is 39.6 Å². The Bertz CT molecular complexity index is 993. The lowest BCUT2D eigenvalue weighted by molar-refractivity contribution is -0.134. The van der Waals surface area contributed by atoms with Gasteiger partial charge in [-0.1, -0.05) is 60.7 Å². The first-order chi connectivity index (χ1) is 15.2. The van der Waals surface area contributed by atoms with Crippen molar-refractivity contribution < 1.29 is 9.59 Å². The largest absolute Gasteiger partial charge is 0.343 e. The van der Waals surface area contributed by atoms with Crippen LogP contribution in [0.2, 0.25) is 0 Å². The minimum absolute atomic E-state index is 0.00986. The molecule has 1 N–H and O–H groups in total. The van der Waals surface area contributed by atoms with Crippen LogP contribution < -0.4 is 5.32 Å². The van der Waals surface area contributed by atoms with Gasteiger partial charge in [-0.05, 0) is 30.4 Å². The first kappa shape index (κ1) is 20.8. The van der Waals surface area contributed by atoms with Crippen molar-refractivity contribution in [1.82, 2.24) is 14.7 Å². The fourth-order valence-electron chi connectivity index (χ4n) is 3.97. The molecule has 2 amide bonds. The van der Waals surface area contributed by atoms with E-state index in [0.29, 0.717) is 44.6 Å². The average molecular weight is 417 g/mol. The summed E-state index contributed by atoms with van der Waals surface area (Å²) in [7, 11) is 0. The molecule has 4 rings (SSSR count). The molecule has 1 aliphatic heterocycles. The zero-order chi connectivity index (χ0) is 21.5. The monoisotopic (exact) mass is 416 g/mol. The Hall–Kier alpha value is -3.41. The Morgan fingerprint density at radius 1 is 0.935 bits per heavy atom. The molecule has 1 aliphatic rings. The second-order valence-electron chi connectivity index (χ2n) is 8.04. The maximum absolute atomic E-state index is 12.7. The number of likely N-dealkylation sites (tertiary alicyclic amines) is 1. The summed E-state index contributed by atoms with van der Waals surface area (Å²) in [4.78, 5) is 27.1. The maximum atomic E-state index is 12.7. The van der Waals surface area contributed by atoms with Gasteiger partial charge in [-0.15, -0.1) is 0 Å². The SMILES string of the molecule is O=C(Nc1cnn(Cc2ccccc2)c1)C1CCN(C(=O)CCc2ccccc2)CC1. The molecule has 3 aromatic rings. The zero-order valence-electron chi connectivity index (χ0n) is 17.6. The Morgan fingerprint density at radius 2 is 1.58 bits per heavy atom. The summed E-state index contributed by atoms with van der Waals surface area (Å²) in [6, 6.07) is 20.2. The van der Waals surface area contributed by atoms with Gasteiger partial charge in [0, 0.05) is 31.6 Å². The molecule has 0 saturated carbocycles. The quantitative estimate of drug-likeness (QED) is 0.638. The summed E-state index contributed by atoms with van der Waals surface area (Å²) in [6.07, 6.45) is 6.20. The van der Waals surface area contributed by atoms with Gasteiger partial charge < -0.3 is 10.2 Å². The fourth-order valence-corrected chi connectivity index (χ4v) is 3.97. The zero-order valence-corrected chi connectivity index (χ0v) is 17.6.